The van der Waals surface area contributed by atoms with Gasteiger partial charge in [0.15, 0.2) is 6.40 Å². The Kier molecular flexibility index (Phi) is 1.53. The number of hydrogen-bond acceptors (Lipinski definition) is 2. The van der Waals surface area contributed by atoms with Crippen LogP contribution in [0.3, 0.4) is 0 Å². The van der Waals surface area contributed by atoms with E-state index >= 15 is 0 Å². The van der Waals surface area contributed by atoms with E-state index in [0.717, 1.165) is 6.42 Å². The van der Waals surface area contributed by atoms with E-state index in [1.54, 1.807) is 6.40 Å². The molecule has 2 unspecified atom stereocenters. The number of aliphatic imine (C=N–C) groups is 1. The molecule has 0 aromatic heterocycles. The molecule has 1 aliphatic carbocycles. The van der Waals surface area contributed by atoms with Crippen LogP contribution in [0.4, 0.5) is 0 Å². The van der Waals surface area contributed by atoms with Crippen LogP contribution < -0.4 is 0 Å². The summed E-state index contributed by atoms with van der Waals surface area (Å²) in [4.78, 5) is 4.18. The largest absolute Gasteiger partial charge is 0.474 e. The fourth-order valence-corrected chi connectivity index (χ4v) is 1.37. The van der Waals surface area contributed by atoms with Crippen molar-refractivity contribution < 1.29 is 4.74 Å². The molecule has 58 valence electrons. The van der Waals surface area contributed by atoms with Gasteiger partial charge >= 0.3 is 0 Å². The quantitative estimate of drug-likeness (QED) is 0.556. The average molecular weight is 149 g/mol. The third-order valence-electron chi connectivity index (χ3n) is 2.08. The minimum atomic E-state index is 0.172. The van der Waals surface area contributed by atoms with Crippen LogP contribution >= 0.6 is 0 Å². The number of nitrogens with zero attached hydrogens (tertiary/aromatic N) is 1. The molecule has 1 heterocycles. The fourth-order valence-electron chi connectivity index (χ4n) is 1.37. The van der Waals surface area contributed by atoms with Gasteiger partial charge in [-0.25, -0.2) is 4.99 Å². The van der Waals surface area contributed by atoms with Gasteiger partial charge in [0, 0.05) is 0 Å². The molecule has 0 aromatic rings. The maximum Gasteiger partial charge on any atom is 0.171 e. The van der Waals surface area contributed by atoms with E-state index in [9.17, 15) is 0 Å². The van der Waals surface area contributed by atoms with Gasteiger partial charge in [-0.15, -0.1) is 0 Å². The minimum absolute atomic E-state index is 0.172. The van der Waals surface area contributed by atoms with Crippen molar-refractivity contribution >= 4 is 6.40 Å². The van der Waals surface area contributed by atoms with Crippen molar-refractivity contribution in [2.24, 2.45) is 4.99 Å². The molecule has 2 nitrogen and oxygen atoms in total. The van der Waals surface area contributed by atoms with Gasteiger partial charge in [0.2, 0.25) is 0 Å². The van der Waals surface area contributed by atoms with Crippen molar-refractivity contribution in [2.75, 3.05) is 0 Å². The Morgan fingerprint density at radius 1 is 1.64 bits per heavy atom. The molecule has 0 radical (unpaired) electrons. The van der Waals surface area contributed by atoms with Gasteiger partial charge in [-0.2, -0.15) is 0 Å². The smallest absolute Gasteiger partial charge is 0.171 e. The summed E-state index contributed by atoms with van der Waals surface area (Å²) in [7, 11) is 0. The molecule has 0 fully saturated rings. The van der Waals surface area contributed by atoms with Crippen molar-refractivity contribution in [2.45, 2.75) is 25.5 Å². The lowest BCUT2D eigenvalue weighted by Crippen LogP contribution is -2.19. The molecule has 2 rings (SSSR count). The van der Waals surface area contributed by atoms with E-state index in [0.29, 0.717) is 0 Å². The lowest BCUT2D eigenvalue weighted by atomic mass is 10.00. The normalized spacial score (nSPS) is 33.0. The standard InChI is InChI=1S/C9H11NO/c1-2-7-3-4-9-8(5-7)10-6-11-9/h3-6,8-9H,2H2,1H3. The molecule has 2 aliphatic rings. The second-order valence-corrected chi connectivity index (χ2v) is 2.80. The van der Waals surface area contributed by atoms with Crippen molar-refractivity contribution in [3.8, 4) is 0 Å². The first-order valence-corrected chi connectivity index (χ1v) is 3.96. The highest BCUT2D eigenvalue weighted by molar-refractivity contribution is 5.53. The summed E-state index contributed by atoms with van der Waals surface area (Å²) < 4.78 is 5.23. The van der Waals surface area contributed by atoms with E-state index in [1.165, 1.54) is 5.57 Å². The van der Waals surface area contributed by atoms with Crippen LogP contribution in [0.15, 0.2) is 28.8 Å². The van der Waals surface area contributed by atoms with Crippen molar-refractivity contribution in [1.82, 2.24) is 0 Å². The summed E-state index contributed by atoms with van der Waals surface area (Å²) in [5.41, 5.74) is 1.36. The second kappa shape index (κ2) is 2.53. The molecule has 11 heavy (non-hydrogen) atoms. The summed E-state index contributed by atoms with van der Waals surface area (Å²) in [6.45, 7) is 2.15. The SMILES string of the molecule is CCC1=CC2N=COC2C=C1. The predicted octanol–water partition coefficient (Wildman–Crippen LogP) is 1.69. The van der Waals surface area contributed by atoms with E-state index in [1.807, 2.05) is 0 Å². The zero-order valence-corrected chi connectivity index (χ0v) is 6.53. The van der Waals surface area contributed by atoms with E-state index < -0.39 is 0 Å². The molecule has 0 saturated carbocycles. The zero-order chi connectivity index (χ0) is 7.68. The van der Waals surface area contributed by atoms with Gasteiger partial charge in [-0.05, 0) is 12.5 Å². The van der Waals surface area contributed by atoms with Gasteiger partial charge < -0.3 is 4.74 Å². The summed E-state index contributed by atoms with van der Waals surface area (Å²) in [6, 6.07) is 0.245. The maximum atomic E-state index is 5.23. The average Bonchev–Trinajstić information content (AvgIpc) is 2.50. The Bertz CT molecular complexity index is 240. The van der Waals surface area contributed by atoms with Crippen molar-refractivity contribution in [3.05, 3.63) is 23.8 Å². The first-order chi connectivity index (χ1) is 5.40. The third-order valence-corrected chi connectivity index (χ3v) is 2.08. The molecule has 0 aromatic carbocycles. The number of hydrogen-bond donors (Lipinski definition) is 0. The van der Waals surface area contributed by atoms with E-state index in [4.69, 9.17) is 4.74 Å². The van der Waals surface area contributed by atoms with Crippen LogP contribution in [-0.2, 0) is 4.74 Å². The Labute approximate surface area is 66.3 Å². The number of fused-ring (bicyclic) bond motifs is 1. The highest BCUT2D eigenvalue weighted by atomic mass is 16.5. The maximum absolute atomic E-state index is 5.23. The highest BCUT2D eigenvalue weighted by Gasteiger charge is 2.23. The minimum Gasteiger partial charge on any atom is -0.474 e. The molecule has 0 bridgehead atoms. The molecule has 2 atom stereocenters. The van der Waals surface area contributed by atoms with Crippen molar-refractivity contribution in [1.29, 1.82) is 0 Å². The molecule has 0 saturated heterocycles. The predicted molar refractivity (Wildman–Crippen MR) is 44.7 cm³/mol. The Morgan fingerprint density at radius 2 is 2.55 bits per heavy atom. The van der Waals surface area contributed by atoms with Gasteiger partial charge in [0.1, 0.15) is 12.1 Å². The van der Waals surface area contributed by atoms with Gasteiger partial charge in [0.25, 0.3) is 0 Å². The van der Waals surface area contributed by atoms with Crippen LogP contribution in [0.2, 0.25) is 0 Å². The van der Waals surface area contributed by atoms with Crippen LogP contribution in [0.25, 0.3) is 0 Å². The van der Waals surface area contributed by atoms with E-state index in [2.05, 4.69) is 30.1 Å². The Hall–Kier alpha value is -1.05. The van der Waals surface area contributed by atoms with Crippen LogP contribution in [0.5, 0.6) is 0 Å². The lowest BCUT2D eigenvalue weighted by Gasteiger charge is -2.15. The van der Waals surface area contributed by atoms with Gasteiger partial charge in [-0.1, -0.05) is 24.6 Å². The first-order valence-electron chi connectivity index (χ1n) is 3.96. The van der Waals surface area contributed by atoms with Crippen LogP contribution in [0.1, 0.15) is 13.3 Å². The third kappa shape index (κ3) is 1.09. The van der Waals surface area contributed by atoms with Crippen LogP contribution in [0, 0.1) is 0 Å². The summed E-state index contributed by atoms with van der Waals surface area (Å²) >= 11 is 0. The lowest BCUT2D eigenvalue weighted by molar-refractivity contribution is 0.264. The number of rotatable bonds is 1. The zero-order valence-electron chi connectivity index (χ0n) is 6.53. The topological polar surface area (TPSA) is 21.6 Å². The van der Waals surface area contributed by atoms with Gasteiger partial charge in [-0.3, -0.25) is 0 Å². The number of allylic oxidation sites excluding steroid dienone is 2. The molecule has 0 N–H and O–H groups in total. The monoisotopic (exact) mass is 149 g/mol. The molecular weight excluding hydrogens is 138 g/mol. The van der Waals surface area contributed by atoms with Crippen LogP contribution in [-0.4, -0.2) is 18.5 Å². The molecular formula is C9H11NO. The fraction of sp³-hybridized carbons (Fsp3) is 0.444. The van der Waals surface area contributed by atoms with E-state index in [-0.39, 0.29) is 12.1 Å². The highest BCUT2D eigenvalue weighted by Crippen LogP contribution is 2.21. The second-order valence-electron chi connectivity index (χ2n) is 2.80. The van der Waals surface area contributed by atoms with Crippen molar-refractivity contribution in [3.63, 3.8) is 0 Å². The summed E-state index contributed by atoms with van der Waals surface area (Å²) in [6.07, 6.45) is 9.18. The first kappa shape index (κ1) is 6.65. The molecule has 1 aliphatic heterocycles. The molecule has 2 heteroatoms. The number of ether oxygens (including phenoxy) is 1. The molecule has 0 spiro atoms. The summed E-state index contributed by atoms with van der Waals surface area (Å²) in [5, 5.41) is 0. The molecule has 0 amide bonds. The van der Waals surface area contributed by atoms with Gasteiger partial charge in [0.05, 0.1) is 0 Å². The Morgan fingerprint density at radius 3 is 3.36 bits per heavy atom. The Balaban J connectivity index is 2.19. The summed E-state index contributed by atoms with van der Waals surface area (Å²) in [5.74, 6) is 0.